The van der Waals surface area contributed by atoms with Gasteiger partial charge in [0, 0.05) is 18.0 Å². The predicted molar refractivity (Wildman–Crippen MR) is 108 cm³/mol. The molecule has 1 N–H and O–H groups in total. The predicted octanol–water partition coefficient (Wildman–Crippen LogP) is 2.71. The molecule has 1 unspecified atom stereocenters. The van der Waals surface area contributed by atoms with Crippen molar-refractivity contribution < 1.29 is 4.79 Å². The number of hydrogen-bond acceptors (Lipinski definition) is 5. The second-order valence-corrected chi connectivity index (χ2v) is 6.79. The summed E-state index contributed by atoms with van der Waals surface area (Å²) in [5.74, 6) is 0.620. The summed E-state index contributed by atoms with van der Waals surface area (Å²) in [6.07, 6.45) is 3.62. The number of tetrazole rings is 1. The maximum atomic E-state index is 12.7. The third kappa shape index (κ3) is 4.06. The fourth-order valence-corrected chi connectivity index (χ4v) is 3.16. The third-order valence-electron chi connectivity index (χ3n) is 4.76. The average Bonchev–Trinajstić information content (AvgIpc) is 3.41. The van der Waals surface area contributed by atoms with Crippen LogP contribution in [0.25, 0.3) is 5.69 Å². The van der Waals surface area contributed by atoms with E-state index in [1.165, 1.54) is 0 Å². The number of nitrogens with zero attached hydrogens (tertiary/aromatic N) is 6. The van der Waals surface area contributed by atoms with Crippen LogP contribution in [0.5, 0.6) is 0 Å². The summed E-state index contributed by atoms with van der Waals surface area (Å²) in [6.45, 7) is 4.38. The number of hydrogen-bond donors (Lipinski definition) is 1. The van der Waals surface area contributed by atoms with E-state index in [0.717, 1.165) is 22.6 Å². The van der Waals surface area contributed by atoms with Crippen molar-refractivity contribution in [2.45, 2.75) is 26.4 Å². The van der Waals surface area contributed by atoms with Crippen molar-refractivity contribution in [3.63, 3.8) is 0 Å². The van der Waals surface area contributed by atoms with Crippen LogP contribution in [0.15, 0.2) is 67.0 Å². The van der Waals surface area contributed by atoms with Crippen molar-refractivity contribution in [2.75, 3.05) is 0 Å². The lowest BCUT2D eigenvalue weighted by atomic mass is 10.0. The molecule has 0 saturated heterocycles. The molecule has 4 rings (SSSR count). The van der Waals surface area contributed by atoms with Gasteiger partial charge >= 0.3 is 0 Å². The Balaban J connectivity index is 1.46. The van der Waals surface area contributed by atoms with Crippen molar-refractivity contribution >= 4 is 5.91 Å². The third-order valence-corrected chi connectivity index (χ3v) is 4.76. The molecule has 0 aliphatic rings. The zero-order valence-corrected chi connectivity index (χ0v) is 16.2. The summed E-state index contributed by atoms with van der Waals surface area (Å²) in [5, 5.41) is 18.8. The van der Waals surface area contributed by atoms with E-state index >= 15 is 0 Å². The molecular formula is C21H21N7O. The molecule has 0 spiro atoms. The number of amides is 1. The maximum absolute atomic E-state index is 12.7. The van der Waals surface area contributed by atoms with Crippen molar-refractivity contribution in [3.8, 4) is 5.69 Å². The smallest absolute Gasteiger partial charge is 0.251 e. The Morgan fingerprint density at radius 3 is 2.59 bits per heavy atom. The lowest BCUT2D eigenvalue weighted by Crippen LogP contribution is -2.27. The maximum Gasteiger partial charge on any atom is 0.251 e. The van der Waals surface area contributed by atoms with Crippen LogP contribution in [-0.4, -0.2) is 35.9 Å². The minimum atomic E-state index is -0.175. The number of rotatable bonds is 6. The van der Waals surface area contributed by atoms with E-state index in [0.29, 0.717) is 12.1 Å². The Bertz CT molecular complexity index is 1100. The zero-order valence-electron chi connectivity index (χ0n) is 16.2. The van der Waals surface area contributed by atoms with Gasteiger partial charge in [0.2, 0.25) is 0 Å². The zero-order chi connectivity index (χ0) is 20.2. The summed E-state index contributed by atoms with van der Waals surface area (Å²) in [6, 6.07) is 17.1. The second-order valence-electron chi connectivity index (χ2n) is 6.79. The molecule has 2 aromatic carbocycles. The molecule has 0 aliphatic heterocycles. The van der Waals surface area contributed by atoms with Gasteiger partial charge in [0.05, 0.1) is 18.3 Å². The van der Waals surface area contributed by atoms with E-state index in [1.54, 1.807) is 15.6 Å². The first-order valence-electron chi connectivity index (χ1n) is 9.33. The van der Waals surface area contributed by atoms with Gasteiger partial charge in [-0.05, 0) is 59.7 Å². The molecule has 0 radical (unpaired) electrons. The van der Waals surface area contributed by atoms with Crippen molar-refractivity contribution in [2.24, 2.45) is 0 Å². The first-order valence-corrected chi connectivity index (χ1v) is 9.33. The van der Waals surface area contributed by atoms with Gasteiger partial charge in [0.1, 0.15) is 5.82 Å². The normalized spacial score (nSPS) is 11.9. The molecule has 4 aromatic rings. The molecule has 146 valence electrons. The van der Waals surface area contributed by atoms with Crippen molar-refractivity contribution in [3.05, 3.63) is 89.5 Å². The van der Waals surface area contributed by atoms with E-state index < -0.39 is 0 Å². The van der Waals surface area contributed by atoms with Crippen LogP contribution in [0.2, 0.25) is 0 Å². The van der Waals surface area contributed by atoms with Crippen molar-refractivity contribution in [1.29, 1.82) is 0 Å². The van der Waals surface area contributed by atoms with Gasteiger partial charge in [-0.25, -0.2) is 9.36 Å². The lowest BCUT2D eigenvalue weighted by molar-refractivity contribution is 0.0940. The molecule has 0 bridgehead atoms. The van der Waals surface area contributed by atoms with Crippen LogP contribution in [0.4, 0.5) is 0 Å². The van der Waals surface area contributed by atoms with Gasteiger partial charge in [0.25, 0.3) is 5.91 Å². The standard InChI is InChI=1S/C21H21N7O/c1-15(19-6-3-4-7-20(19)27-13-5-12-22-27)23-21(29)18-10-8-17(9-11-18)14-28-16(2)24-25-26-28/h3-13,15H,14H2,1-2H3,(H,23,29). The van der Waals surface area contributed by atoms with E-state index in [9.17, 15) is 4.79 Å². The van der Waals surface area contributed by atoms with Crippen LogP contribution < -0.4 is 5.32 Å². The Kier molecular flexibility index (Phi) is 5.15. The SMILES string of the molecule is Cc1nnnn1Cc1ccc(C(=O)NC(C)c2ccccc2-n2cccn2)cc1. The minimum Gasteiger partial charge on any atom is -0.345 e. The Morgan fingerprint density at radius 1 is 1.10 bits per heavy atom. The first-order chi connectivity index (χ1) is 14.1. The molecule has 0 aliphatic carbocycles. The van der Waals surface area contributed by atoms with Gasteiger partial charge in [-0.2, -0.15) is 5.10 Å². The van der Waals surface area contributed by atoms with Gasteiger partial charge in [-0.1, -0.05) is 30.3 Å². The van der Waals surface area contributed by atoms with Crippen molar-refractivity contribution in [1.82, 2.24) is 35.3 Å². The molecule has 1 amide bonds. The molecule has 1 atom stereocenters. The number of carbonyl (C=O) groups is 1. The number of para-hydroxylation sites is 1. The highest BCUT2D eigenvalue weighted by Crippen LogP contribution is 2.21. The van der Waals surface area contributed by atoms with Crippen LogP contribution in [0.1, 0.15) is 40.3 Å². The Morgan fingerprint density at radius 2 is 1.90 bits per heavy atom. The fourth-order valence-electron chi connectivity index (χ4n) is 3.16. The number of aryl methyl sites for hydroxylation is 1. The van der Waals surface area contributed by atoms with E-state index in [-0.39, 0.29) is 11.9 Å². The fraction of sp³-hybridized carbons (Fsp3) is 0.190. The van der Waals surface area contributed by atoms with E-state index in [4.69, 9.17) is 0 Å². The monoisotopic (exact) mass is 387 g/mol. The van der Waals surface area contributed by atoms with E-state index in [2.05, 4.69) is 25.9 Å². The molecule has 8 heteroatoms. The molecule has 8 nitrogen and oxygen atoms in total. The summed E-state index contributed by atoms with van der Waals surface area (Å²) >= 11 is 0. The largest absolute Gasteiger partial charge is 0.345 e. The molecule has 0 fully saturated rings. The quantitative estimate of drug-likeness (QED) is 0.549. The summed E-state index contributed by atoms with van der Waals surface area (Å²) < 4.78 is 3.51. The average molecular weight is 387 g/mol. The number of nitrogens with one attached hydrogen (secondary N) is 1. The molecule has 2 heterocycles. The van der Waals surface area contributed by atoms with Gasteiger partial charge in [-0.3, -0.25) is 4.79 Å². The number of benzene rings is 2. The van der Waals surface area contributed by atoms with Crippen LogP contribution in [0.3, 0.4) is 0 Å². The first kappa shape index (κ1) is 18.5. The van der Waals surface area contributed by atoms with Gasteiger partial charge < -0.3 is 5.32 Å². The lowest BCUT2D eigenvalue weighted by Gasteiger charge is -2.18. The second kappa shape index (κ2) is 8.05. The highest BCUT2D eigenvalue weighted by molar-refractivity contribution is 5.94. The van der Waals surface area contributed by atoms with Gasteiger partial charge in [-0.15, -0.1) is 5.10 Å². The number of carbonyl (C=O) groups excluding carboxylic acids is 1. The summed E-state index contributed by atoms with van der Waals surface area (Å²) in [7, 11) is 0. The summed E-state index contributed by atoms with van der Waals surface area (Å²) in [4.78, 5) is 12.7. The van der Waals surface area contributed by atoms with Crippen LogP contribution in [0, 0.1) is 6.92 Å². The highest BCUT2D eigenvalue weighted by atomic mass is 16.1. The Hall–Kier alpha value is -3.81. The van der Waals surface area contributed by atoms with Crippen LogP contribution >= 0.6 is 0 Å². The highest BCUT2D eigenvalue weighted by Gasteiger charge is 2.15. The van der Waals surface area contributed by atoms with E-state index in [1.807, 2.05) is 74.6 Å². The summed E-state index contributed by atoms with van der Waals surface area (Å²) in [5.41, 5.74) is 3.56. The Labute approximate surface area is 168 Å². The molecule has 2 aromatic heterocycles. The van der Waals surface area contributed by atoms with Gasteiger partial charge in [0.15, 0.2) is 0 Å². The molecular weight excluding hydrogens is 366 g/mol. The van der Waals surface area contributed by atoms with Crippen LogP contribution in [-0.2, 0) is 6.54 Å². The molecule has 0 saturated carbocycles. The topological polar surface area (TPSA) is 90.5 Å². The minimum absolute atomic E-state index is 0.127. The molecule has 29 heavy (non-hydrogen) atoms. The number of aromatic nitrogens is 6.